The smallest absolute Gasteiger partial charge is 0.337 e. The number of esters is 1. The summed E-state index contributed by atoms with van der Waals surface area (Å²) in [4.78, 5) is 36.6. The Labute approximate surface area is 219 Å². The molecule has 194 valence electrons. The lowest BCUT2D eigenvalue weighted by atomic mass is 10.0. The second kappa shape index (κ2) is 13.3. The minimum Gasteiger partial charge on any atom is -0.484 e. The summed E-state index contributed by atoms with van der Waals surface area (Å²) in [6, 6.07) is 16.0. The summed E-state index contributed by atoms with van der Waals surface area (Å²) in [5, 5.41) is 7.21. The third-order valence-electron chi connectivity index (χ3n) is 5.13. The van der Waals surface area contributed by atoms with Crippen LogP contribution >= 0.6 is 11.6 Å². The summed E-state index contributed by atoms with van der Waals surface area (Å²) in [5.41, 5.74) is 3.64. The van der Waals surface area contributed by atoms with Crippen molar-refractivity contribution < 1.29 is 28.3 Å². The van der Waals surface area contributed by atoms with Crippen molar-refractivity contribution in [3.05, 3.63) is 77.0 Å². The maximum atomic E-state index is 12.7. The van der Waals surface area contributed by atoms with Gasteiger partial charge in [-0.3, -0.25) is 9.59 Å². The Morgan fingerprint density at radius 3 is 2.38 bits per heavy atom. The highest BCUT2D eigenvalue weighted by Gasteiger charge is 2.22. The normalized spacial score (nSPS) is 11.8. The van der Waals surface area contributed by atoms with Crippen LogP contribution in [0.3, 0.4) is 0 Å². The average molecular weight is 526 g/mol. The molecule has 0 aliphatic carbocycles. The van der Waals surface area contributed by atoms with Gasteiger partial charge in [0.2, 0.25) is 0 Å². The molecule has 0 aliphatic heterocycles. The molecule has 37 heavy (non-hydrogen) atoms. The highest BCUT2D eigenvalue weighted by Crippen LogP contribution is 2.22. The van der Waals surface area contributed by atoms with E-state index in [1.807, 2.05) is 13.8 Å². The molecule has 0 fully saturated rings. The van der Waals surface area contributed by atoms with Crippen molar-refractivity contribution in [2.45, 2.75) is 26.3 Å². The van der Waals surface area contributed by atoms with E-state index in [1.54, 1.807) is 60.7 Å². The van der Waals surface area contributed by atoms with E-state index in [0.29, 0.717) is 34.3 Å². The summed E-state index contributed by atoms with van der Waals surface area (Å²) in [6.07, 6.45) is 1.78. The zero-order valence-electron chi connectivity index (χ0n) is 20.7. The Morgan fingerprint density at radius 1 is 1.03 bits per heavy atom. The Balaban J connectivity index is 1.55. The number of hydrogen-bond acceptors (Lipinski definition) is 7. The van der Waals surface area contributed by atoms with E-state index in [4.69, 9.17) is 25.5 Å². The SMILES string of the molecule is COC(=O)c1ccc(-c2ccc(/C=N\NC(=O)[C@@H](CC(C)C)NC(=O)COc3ccc(Cl)cc3)o2)cc1. The third-order valence-corrected chi connectivity index (χ3v) is 5.38. The number of benzene rings is 2. The lowest BCUT2D eigenvalue weighted by Gasteiger charge is -2.19. The van der Waals surface area contributed by atoms with Crippen molar-refractivity contribution in [1.82, 2.24) is 10.7 Å². The number of hydrogen-bond donors (Lipinski definition) is 2. The number of carbonyl (C=O) groups is 3. The lowest BCUT2D eigenvalue weighted by molar-refractivity contribution is -0.130. The van der Waals surface area contributed by atoms with E-state index >= 15 is 0 Å². The number of carbonyl (C=O) groups excluding carboxylic acids is 3. The van der Waals surface area contributed by atoms with Crippen LogP contribution in [0.5, 0.6) is 5.75 Å². The minimum absolute atomic E-state index is 0.149. The van der Waals surface area contributed by atoms with Crippen LogP contribution in [0.2, 0.25) is 5.02 Å². The molecule has 2 amide bonds. The summed E-state index contributed by atoms with van der Waals surface area (Å²) in [6.45, 7) is 3.65. The molecule has 0 spiro atoms. The summed E-state index contributed by atoms with van der Waals surface area (Å²) in [5.74, 6) is 0.295. The fourth-order valence-corrected chi connectivity index (χ4v) is 3.45. The zero-order valence-corrected chi connectivity index (χ0v) is 21.5. The summed E-state index contributed by atoms with van der Waals surface area (Å²) >= 11 is 5.85. The summed E-state index contributed by atoms with van der Waals surface area (Å²) < 4.78 is 15.9. The topological polar surface area (TPSA) is 119 Å². The van der Waals surface area contributed by atoms with Gasteiger partial charge in [0, 0.05) is 10.6 Å². The first-order valence-corrected chi connectivity index (χ1v) is 11.9. The predicted molar refractivity (Wildman–Crippen MR) is 140 cm³/mol. The van der Waals surface area contributed by atoms with Crippen LogP contribution < -0.4 is 15.5 Å². The molecular formula is C27H28ClN3O6. The first-order chi connectivity index (χ1) is 17.7. The van der Waals surface area contributed by atoms with Gasteiger partial charge in [-0.15, -0.1) is 0 Å². The van der Waals surface area contributed by atoms with Gasteiger partial charge < -0.3 is 19.2 Å². The third kappa shape index (κ3) is 8.50. The fourth-order valence-electron chi connectivity index (χ4n) is 3.32. The molecule has 2 N–H and O–H groups in total. The number of halogens is 1. The summed E-state index contributed by atoms with van der Waals surface area (Å²) in [7, 11) is 1.32. The van der Waals surface area contributed by atoms with Crippen LogP contribution in [-0.2, 0) is 14.3 Å². The molecule has 1 heterocycles. The van der Waals surface area contributed by atoms with Gasteiger partial charge in [0.15, 0.2) is 6.61 Å². The zero-order chi connectivity index (χ0) is 26.8. The van der Waals surface area contributed by atoms with Crippen LogP contribution in [0.4, 0.5) is 0 Å². The van der Waals surface area contributed by atoms with Crippen molar-refractivity contribution in [3.8, 4) is 17.1 Å². The number of methoxy groups -OCH3 is 1. The molecule has 0 radical (unpaired) electrons. The highest BCUT2D eigenvalue weighted by atomic mass is 35.5. The van der Waals surface area contributed by atoms with Crippen molar-refractivity contribution in [2.24, 2.45) is 11.0 Å². The van der Waals surface area contributed by atoms with Crippen LogP contribution in [0.25, 0.3) is 11.3 Å². The maximum Gasteiger partial charge on any atom is 0.337 e. The van der Waals surface area contributed by atoms with Crippen LogP contribution in [0.15, 0.2) is 70.2 Å². The average Bonchev–Trinajstić information content (AvgIpc) is 3.36. The number of nitrogens with one attached hydrogen (secondary N) is 2. The van der Waals surface area contributed by atoms with Crippen LogP contribution in [0, 0.1) is 5.92 Å². The van der Waals surface area contributed by atoms with Gasteiger partial charge in [-0.1, -0.05) is 37.6 Å². The number of furan rings is 1. The molecule has 0 unspecified atom stereocenters. The maximum absolute atomic E-state index is 12.7. The molecular weight excluding hydrogens is 498 g/mol. The number of ether oxygens (including phenoxy) is 2. The van der Waals surface area contributed by atoms with Gasteiger partial charge in [0.05, 0.1) is 18.9 Å². The second-order valence-corrected chi connectivity index (χ2v) is 8.93. The van der Waals surface area contributed by atoms with Crippen LogP contribution in [-0.4, -0.2) is 43.8 Å². The van der Waals surface area contributed by atoms with Crippen LogP contribution in [0.1, 0.15) is 36.4 Å². The Kier molecular flexibility index (Phi) is 9.85. The van der Waals surface area contributed by atoms with Crippen molar-refractivity contribution in [2.75, 3.05) is 13.7 Å². The van der Waals surface area contributed by atoms with E-state index in [0.717, 1.165) is 5.56 Å². The Morgan fingerprint density at radius 2 is 1.73 bits per heavy atom. The molecule has 3 rings (SSSR count). The van der Waals surface area contributed by atoms with E-state index < -0.39 is 23.8 Å². The van der Waals surface area contributed by atoms with Gasteiger partial charge in [-0.2, -0.15) is 5.10 Å². The van der Waals surface area contributed by atoms with Gasteiger partial charge in [0.25, 0.3) is 11.8 Å². The lowest BCUT2D eigenvalue weighted by Crippen LogP contribution is -2.47. The number of nitrogens with zero attached hydrogens (tertiary/aromatic N) is 1. The van der Waals surface area contributed by atoms with Gasteiger partial charge in [0.1, 0.15) is 23.3 Å². The number of rotatable bonds is 11. The van der Waals surface area contributed by atoms with E-state index in [9.17, 15) is 14.4 Å². The van der Waals surface area contributed by atoms with E-state index in [2.05, 4.69) is 15.8 Å². The molecule has 3 aromatic rings. The van der Waals surface area contributed by atoms with E-state index in [1.165, 1.54) is 13.3 Å². The molecule has 2 aromatic carbocycles. The van der Waals surface area contributed by atoms with E-state index in [-0.39, 0.29) is 12.5 Å². The van der Waals surface area contributed by atoms with Crippen molar-refractivity contribution in [1.29, 1.82) is 0 Å². The Bertz CT molecular complexity index is 1240. The second-order valence-electron chi connectivity index (χ2n) is 8.50. The van der Waals surface area contributed by atoms with Gasteiger partial charge in [-0.05, 0) is 60.9 Å². The molecule has 9 nitrogen and oxygen atoms in total. The molecule has 0 bridgehead atoms. The molecule has 10 heteroatoms. The predicted octanol–water partition coefficient (Wildman–Crippen LogP) is 4.45. The minimum atomic E-state index is -0.793. The van der Waals surface area contributed by atoms with Crippen molar-refractivity contribution in [3.63, 3.8) is 0 Å². The Hall–Kier alpha value is -4.11. The first-order valence-electron chi connectivity index (χ1n) is 11.5. The molecule has 0 aliphatic rings. The molecule has 0 saturated carbocycles. The quantitative estimate of drug-likeness (QED) is 0.217. The standard InChI is InChI=1S/C27H28ClN3O6/c1-17(2)14-23(30-25(32)16-36-21-10-8-20(28)9-11-21)26(33)31-29-15-22-12-13-24(37-22)18-4-6-19(7-5-18)27(34)35-3/h4-13,15,17,23H,14,16H2,1-3H3,(H,30,32)(H,31,33)/b29-15-/t23-/m1/s1. The monoisotopic (exact) mass is 525 g/mol. The fraction of sp³-hybridized carbons (Fsp3) is 0.259. The first kappa shape index (κ1) is 27.5. The number of hydrazone groups is 1. The van der Waals surface area contributed by atoms with Crippen molar-refractivity contribution >= 4 is 35.6 Å². The van der Waals surface area contributed by atoms with Gasteiger partial charge in [-0.25, -0.2) is 10.2 Å². The largest absolute Gasteiger partial charge is 0.484 e. The molecule has 1 aromatic heterocycles. The number of amides is 2. The van der Waals surface area contributed by atoms with Gasteiger partial charge >= 0.3 is 5.97 Å². The highest BCUT2D eigenvalue weighted by molar-refractivity contribution is 6.30. The molecule has 0 saturated heterocycles. The molecule has 1 atom stereocenters.